The fourth-order valence-electron chi connectivity index (χ4n) is 20.3. The Balaban J connectivity index is 0.000000166. The van der Waals surface area contributed by atoms with E-state index in [1.807, 2.05) is 111 Å². The molecule has 4 aromatic carbocycles. The summed E-state index contributed by atoms with van der Waals surface area (Å²) in [4.78, 5) is 100. The number of rotatable bonds is 14. The summed E-state index contributed by atoms with van der Waals surface area (Å²) in [6, 6.07) is 30.1. The van der Waals surface area contributed by atoms with E-state index in [9.17, 15) is 58.8 Å². The third-order valence-corrected chi connectivity index (χ3v) is 24.5. The molecule has 504 valence electrons. The Labute approximate surface area is 561 Å². The Hall–Kier alpha value is -8.24. The number of amides is 3. The van der Waals surface area contributed by atoms with Crippen molar-refractivity contribution in [2.75, 3.05) is 23.4 Å². The Bertz CT molecular complexity index is 4130. The van der Waals surface area contributed by atoms with Gasteiger partial charge in [0.1, 0.15) is 13.2 Å². The third kappa shape index (κ3) is 10.7. The van der Waals surface area contributed by atoms with Gasteiger partial charge in [0.2, 0.25) is 5.91 Å². The lowest BCUT2D eigenvalue weighted by atomic mass is 9.46. The molecule has 15 rings (SSSR count). The number of benzene rings is 4. The molecule has 0 radical (unpaired) electrons. The maximum atomic E-state index is 13.8. The second kappa shape index (κ2) is 24.6. The molecule has 0 unspecified atom stereocenters. The summed E-state index contributed by atoms with van der Waals surface area (Å²) in [5.74, 6) is -3.33. The van der Waals surface area contributed by atoms with Gasteiger partial charge in [-0.1, -0.05) is 124 Å². The molecule has 3 heterocycles. The van der Waals surface area contributed by atoms with Gasteiger partial charge in [-0.2, -0.15) is 0 Å². The van der Waals surface area contributed by atoms with Gasteiger partial charge in [-0.25, -0.2) is 9.69 Å². The molecule has 8 aliphatic carbocycles. The van der Waals surface area contributed by atoms with Crippen molar-refractivity contribution in [2.45, 2.75) is 140 Å². The highest BCUT2D eigenvalue weighted by Crippen LogP contribution is 2.72. The van der Waals surface area contributed by atoms with E-state index in [4.69, 9.17) is 24.1 Å². The molecular weight excluding hydrogens is 1240 g/mol. The van der Waals surface area contributed by atoms with Gasteiger partial charge in [0.25, 0.3) is 11.8 Å². The van der Waals surface area contributed by atoms with Crippen LogP contribution in [-0.2, 0) is 70.1 Å². The smallest absolute Gasteiger partial charge is 0.328 e. The van der Waals surface area contributed by atoms with E-state index in [-0.39, 0.29) is 58.9 Å². The van der Waals surface area contributed by atoms with Crippen LogP contribution in [0.1, 0.15) is 125 Å². The SMILES string of the molecule is C[C@]12C=CC(=O)C=C1CC[C@@H]1[C@@H]2[C@@H](O)C[C@@]2(C)[C@H]1C[C@H]1O[C@@H](c3ccc(Cc4cccc(N5C(=O)C=CC5=O)c4)cc3)O[C@]12C(=O)CO.C[C@]12C=CC(=O)C=C1CC[C@@H]1[C@@H]2[C@@H](O)C[C@@]2(C)[C@H]1C[C@H]1O[C@@H](c3ccc(Cc4cccc(NC(=O)/C=C\C(=O)O)c4)cc3)O[C@]12C(=O)CO. The summed E-state index contributed by atoms with van der Waals surface area (Å²) in [6.45, 7) is 6.90. The molecule has 3 amide bonds. The quantitative estimate of drug-likeness (QED) is 0.0508. The lowest BCUT2D eigenvalue weighted by molar-refractivity contribution is -0.201. The van der Waals surface area contributed by atoms with Crippen molar-refractivity contribution in [3.8, 4) is 0 Å². The number of carboxylic acids is 1. The zero-order chi connectivity index (χ0) is 68.3. The fourth-order valence-corrected chi connectivity index (χ4v) is 20.3. The van der Waals surface area contributed by atoms with E-state index in [2.05, 4.69) is 19.2 Å². The first-order valence-electron chi connectivity index (χ1n) is 33.7. The predicted molar refractivity (Wildman–Crippen MR) is 352 cm³/mol. The minimum Gasteiger partial charge on any atom is -0.478 e. The maximum absolute atomic E-state index is 13.8. The highest BCUT2D eigenvalue weighted by atomic mass is 16.8. The average Bonchev–Trinajstić information content (AvgIpc) is 1.54. The lowest BCUT2D eigenvalue weighted by Gasteiger charge is -2.59. The second-order valence-electron chi connectivity index (χ2n) is 29.4. The molecule has 4 aromatic rings. The number of carbonyl (C=O) groups is 8. The Kier molecular flexibility index (Phi) is 16.8. The largest absolute Gasteiger partial charge is 0.478 e. The first-order chi connectivity index (χ1) is 46.4. The molecule has 0 spiro atoms. The van der Waals surface area contributed by atoms with Crippen LogP contribution in [0.15, 0.2) is 169 Å². The summed E-state index contributed by atoms with van der Waals surface area (Å²) in [7, 11) is 0. The summed E-state index contributed by atoms with van der Waals surface area (Å²) in [5, 5.41) is 55.6. The molecule has 0 aromatic heterocycles. The molecule has 6 N–H and O–H groups in total. The van der Waals surface area contributed by atoms with Crippen LogP contribution < -0.4 is 10.2 Å². The van der Waals surface area contributed by atoms with Crippen LogP contribution in [0.5, 0.6) is 0 Å². The van der Waals surface area contributed by atoms with Crippen molar-refractivity contribution in [3.63, 3.8) is 0 Å². The first-order valence-corrected chi connectivity index (χ1v) is 33.7. The zero-order valence-electron chi connectivity index (χ0n) is 54.5. The van der Waals surface area contributed by atoms with E-state index in [0.717, 1.165) is 87.3 Å². The lowest BCUT2D eigenvalue weighted by Crippen LogP contribution is -2.63. The van der Waals surface area contributed by atoms with E-state index in [1.165, 1.54) is 12.2 Å². The Morgan fingerprint density at radius 3 is 1.48 bits per heavy atom. The molecule has 19 heteroatoms. The van der Waals surface area contributed by atoms with Crippen LogP contribution in [0, 0.1) is 57.2 Å². The number of ketones is 4. The molecule has 18 atom stereocenters. The maximum Gasteiger partial charge on any atom is 0.328 e. The average molecular weight is 1320 g/mol. The molecule has 97 heavy (non-hydrogen) atoms. The Morgan fingerprint density at radius 2 is 1.03 bits per heavy atom. The van der Waals surface area contributed by atoms with Crippen LogP contribution in [0.25, 0.3) is 0 Å². The van der Waals surface area contributed by atoms with Crippen LogP contribution in [0.2, 0.25) is 0 Å². The molecule has 19 nitrogen and oxygen atoms in total. The van der Waals surface area contributed by atoms with E-state index >= 15 is 0 Å². The van der Waals surface area contributed by atoms with Gasteiger partial charge in [0, 0.05) is 74.6 Å². The number of fused-ring (bicyclic) bond motifs is 14. The standard InChI is InChI=1S/C39H41NO9.C39H39NO8/c1-37-15-14-27(42)18-25(37)10-11-28-29-19-32-39(31(44)21-41,38(29,2)20-30(43)35(28)37)49-36(48-32)24-8-6-22(7-9-24)16-23-4-3-5-26(17-23)40-33(45)12-13-34(46)47;1-37-15-14-27(42)18-25(37)10-11-28-29-19-32-39(31(44)21-41,38(29,2)20-30(43)35(28)37)48-36(47-32)24-8-6-22(7-9-24)16-23-4-3-5-26(17-23)40-33(45)12-13-34(40)46/h3-9,12-15,17-18,28-30,32,35-36,41,43H,10-11,16,19-21H2,1-2H3,(H,40,45)(H,46,47);3-9,12-15,17-18,28-30,32,35-36,41,43H,10-11,16,19-21H2,1-2H3/b13-12-;/t2*28-,29-,30-,32+,35+,36+,37-,38-,39+/m00/s1. The summed E-state index contributed by atoms with van der Waals surface area (Å²) in [6.07, 6.45) is 16.6. The van der Waals surface area contributed by atoms with E-state index < -0.39 is 107 Å². The Morgan fingerprint density at radius 1 is 0.577 bits per heavy atom. The number of nitrogens with zero attached hydrogens (tertiary/aromatic N) is 1. The number of ether oxygens (including phenoxy) is 4. The number of hydrogen-bond donors (Lipinski definition) is 6. The van der Waals surface area contributed by atoms with Crippen molar-refractivity contribution in [1.29, 1.82) is 0 Å². The molecule has 8 fully saturated rings. The van der Waals surface area contributed by atoms with Crippen LogP contribution in [0.3, 0.4) is 0 Å². The van der Waals surface area contributed by atoms with Crippen molar-refractivity contribution in [2.24, 2.45) is 57.2 Å². The summed E-state index contributed by atoms with van der Waals surface area (Å²) in [5.41, 5.74) is 3.30. The number of Topliss-reactive ketones (excluding diaryl/α,β-unsaturated/α-hetero) is 2. The third-order valence-electron chi connectivity index (χ3n) is 24.5. The van der Waals surface area contributed by atoms with Crippen molar-refractivity contribution in [3.05, 3.63) is 202 Å². The minimum absolute atomic E-state index is 0.0142. The van der Waals surface area contributed by atoms with Gasteiger partial charge in [0.15, 0.2) is 46.9 Å². The van der Waals surface area contributed by atoms with Crippen LogP contribution in [0.4, 0.5) is 11.4 Å². The summed E-state index contributed by atoms with van der Waals surface area (Å²) >= 11 is 0. The number of anilines is 2. The molecule has 2 saturated heterocycles. The zero-order valence-corrected chi connectivity index (χ0v) is 54.5. The van der Waals surface area contributed by atoms with Crippen LogP contribution in [-0.4, -0.2) is 121 Å². The number of nitrogens with one attached hydrogen (secondary N) is 1. The van der Waals surface area contributed by atoms with Crippen LogP contribution >= 0.6 is 0 Å². The van der Waals surface area contributed by atoms with Crippen molar-refractivity contribution < 1.29 is 82.8 Å². The molecule has 0 bridgehead atoms. The minimum atomic E-state index is -1.42. The fraction of sp³-hybridized carbons (Fsp3) is 0.436. The number of allylic oxidation sites excluding steroid dienone is 8. The molecule has 11 aliphatic rings. The van der Waals surface area contributed by atoms with Gasteiger partial charge in [-0.05, 0) is 159 Å². The number of hydrogen-bond acceptors (Lipinski definition) is 16. The van der Waals surface area contributed by atoms with Gasteiger partial charge in [-0.3, -0.25) is 33.6 Å². The second-order valence-corrected chi connectivity index (χ2v) is 29.4. The van der Waals surface area contributed by atoms with Gasteiger partial charge in [-0.15, -0.1) is 0 Å². The number of aliphatic hydroxyl groups excluding tert-OH is 4. The predicted octanol–water partition coefficient (Wildman–Crippen LogP) is 8.77. The van der Waals surface area contributed by atoms with Gasteiger partial charge in [0.05, 0.1) is 30.1 Å². The summed E-state index contributed by atoms with van der Waals surface area (Å²) < 4.78 is 26.6. The number of aliphatic hydroxyl groups is 4. The number of carboxylic acid groups (broad SMARTS) is 1. The van der Waals surface area contributed by atoms with E-state index in [1.54, 1.807) is 36.4 Å². The monoisotopic (exact) mass is 1320 g/mol. The topological polar surface area (TPSA) is 290 Å². The number of aliphatic carboxylic acids is 1. The normalized spacial score (nSPS) is 37.0. The molecule has 6 saturated carbocycles. The van der Waals surface area contributed by atoms with Crippen molar-refractivity contribution >= 4 is 58.2 Å². The van der Waals surface area contributed by atoms with Gasteiger partial charge >= 0.3 is 5.97 Å². The number of carbonyl (C=O) groups excluding carboxylic acids is 7. The van der Waals surface area contributed by atoms with E-state index in [0.29, 0.717) is 49.9 Å². The molecular formula is C78H80N2O17. The highest BCUT2D eigenvalue weighted by Gasteiger charge is 2.78. The highest BCUT2D eigenvalue weighted by molar-refractivity contribution is 6.28. The number of imide groups is 1. The van der Waals surface area contributed by atoms with Gasteiger partial charge < -0.3 is 49.8 Å². The first kappa shape index (κ1) is 66.0. The molecule has 3 aliphatic heterocycles. The van der Waals surface area contributed by atoms with Crippen molar-refractivity contribution in [1.82, 2.24) is 0 Å².